The number of hydrogen-bond acceptors (Lipinski definition) is 1. The van der Waals surface area contributed by atoms with Crippen LogP contribution in [-0.4, -0.2) is 4.98 Å². The zero-order chi connectivity index (χ0) is 14.3. The molecule has 0 aliphatic rings. The van der Waals surface area contributed by atoms with E-state index in [1.165, 1.54) is 32.3 Å². The zero-order valence-electron chi connectivity index (χ0n) is 11.7. The fourth-order valence-corrected chi connectivity index (χ4v) is 3.82. The molecule has 0 radical (unpaired) electrons. The summed E-state index contributed by atoms with van der Waals surface area (Å²) in [6.07, 6.45) is 0. The van der Waals surface area contributed by atoms with Crippen molar-refractivity contribution in [2.75, 3.05) is 0 Å². The lowest BCUT2D eigenvalue weighted by atomic mass is 10.00. The molecule has 2 heteroatoms. The minimum Gasteiger partial charge on any atom is -0.455 e. The standard InChI is InChI=1S/C20H11NO/c1-2-6-14-13(5-1)19-15(21-14)10-12-9-8-11-4-3-7-16-17(11)18(12)20(19)22-16/h1-10,21H. The van der Waals surface area contributed by atoms with Gasteiger partial charge in [0.25, 0.3) is 0 Å². The third kappa shape index (κ3) is 1.10. The van der Waals surface area contributed by atoms with Crippen LogP contribution in [0.4, 0.5) is 0 Å². The normalized spacial score (nSPS) is 12.5. The molecular formula is C20H11NO. The molecule has 0 amide bonds. The van der Waals surface area contributed by atoms with Crippen molar-refractivity contribution in [1.29, 1.82) is 0 Å². The van der Waals surface area contributed by atoms with Gasteiger partial charge in [0.1, 0.15) is 11.2 Å². The summed E-state index contributed by atoms with van der Waals surface area (Å²) in [6.45, 7) is 0. The first-order valence-corrected chi connectivity index (χ1v) is 7.47. The highest BCUT2D eigenvalue weighted by Crippen LogP contribution is 2.42. The highest BCUT2D eigenvalue weighted by molar-refractivity contribution is 6.31. The first-order chi connectivity index (χ1) is 10.9. The molecule has 4 aromatic carbocycles. The number of rotatable bonds is 0. The highest BCUT2D eigenvalue weighted by Gasteiger charge is 2.17. The van der Waals surface area contributed by atoms with E-state index in [2.05, 4.69) is 65.6 Å². The van der Waals surface area contributed by atoms with Crippen molar-refractivity contribution < 1.29 is 4.42 Å². The second-order valence-corrected chi connectivity index (χ2v) is 5.92. The first kappa shape index (κ1) is 10.7. The first-order valence-electron chi connectivity index (χ1n) is 7.47. The average molecular weight is 281 g/mol. The van der Waals surface area contributed by atoms with Gasteiger partial charge in [0.05, 0.1) is 10.9 Å². The van der Waals surface area contributed by atoms with Crippen molar-refractivity contribution in [3.63, 3.8) is 0 Å². The molecule has 0 fully saturated rings. The molecule has 1 N–H and O–H groups in total. The Morgan fingerprint density at radius 3 is 2.59 bits per heavy atom. The average Bonchev–Trinajstić information content (AvgIpc) is 3.11. The monoisotopic (exact) mass is 281 g/mol. The Kier molecular flexibility index (Phi) is 1.66. The largest absolute Gasteiger partial charge is 0.455 e. The van der Waals surface area contributed by atoms with Gasteiger partial charge in [-0.05, 0) is 29.0 Å². The molecule has 2 nitrogen and oxygen atoms in total. The molecule has 0 spiro atoms. The summed E-state index contributed by atoms with van der Waals surface area (Å²) in [5.74, 6) is 0. The van der Waals surface area contributed by atoms with Crippen LogP contribution in [-0.2, 0) is 0 Å². The Morgan fingerprint density at radius 1 is 0.682 bits per heavy atom. The van der Waals surface area contributed by atoms with Gasteiger partial charge in [-0.2, -0.15) is 0 Å². The van der Waals surface area contributed by atoms with Crippen LogP contribution in [0.25, 0.3) is 54.5 Å². The molecule has 0 bridgehead atoms. The predicted octanol–water partition coefficient (Wildman–Crippen LogP) is 5.81. The number of para-hydroxylation sites is 1. The van der Waals surface area contributed by atoms with E-state index in [0.717, 1.165) is 22.2 Å². The number of hydrogen-bond donors (Lipinski definition) is 1. The van der Waals surface area contributed by atoms with E-state index in [1.807, 2.05) is 0 Å². The smallest absolute Gasteiger partial charge is 0.146 e. The van der Waals surface area contributed by atoms with Gasteiger partial charge >= 0.3 is 0 Å². The van der Waals surface area contributed by atoms with Crippen LogP contribution in [0.15, 0.2) is 65.1 Å². The third-order valence-electron chi connectivity index (χ3n) is 4.74. The van der Waals surface area contributed by atoms with Gasteiger partial charge in [-0.15, -0.1) is 0 Å². The van der Waals surface area contributed by atoms with Gasteiger partial charge in [0.2, 0.25) is 0 Å². The van der Waals surface area contributed by atoms with Crippen molar-refractivity contribution >= 4 is 54.5 Å². The van der Waals surface area contributed by atoms with Gasteiger partial charge in [0.15, 0.2) is 0 Å². The van der Waals surface area contributed by atoms with E-state index >= 15 is 0 Å². The van der Waals surface area contributed by atoms with Gasteiger partial charge in [0, 0.05) is 21.7 Å². The van der Waals surface area contributed by atoms with Crippen LogP contribution in [0.1, 0.15) is 0 Å². The summed E-state index contributed by atoms with van der Waals surface area (Å²) in [5.41, 5.74) is 4.25. The molecule has 2 aromatic heterocycles. The molecule has 0 saturated carbocycles. The number of benzene rings is 4. The molecule has 6 rings (SSSR count). The van der Waals surface area contributed by atoms with Gasteiger partial charge in [-0.1, -0.05) is 42.5 Å². The maximum atomic E-state index is 6.27. The highest BCUT2D eigenvalue weighted by atomic mass is 16.3. The second kappa shape index (κ2) is 3.42. The van der Waals surface area contributed by atoms with Crippen LogP contribution >= 0.6 is 0 Å². The van der Waals surface area contributed by atoms with Crippen LogP contribution < -0.4 is 0 Å². The molecular weight excluding hydrogens is 270 g/mol. The summed E-state index contributed by atoms with van der Waals surface area (Å²) in [6, 6.07) is 21.3. The Hall–Kier alpha value is -3.00. The number of nitrogens with one attached hydrogen (secondary N) is 1. The van der Waals surface area contributed by atoms with Crippen molar-refractivity contribution in [3.8, 4) is 0 Å². The number of H-pyrrole nitrogens is 1. The van der Waals surface area contributed by atoms with E-state index in [9.17, 15) is 0 Å². The quantitative estimate of drug-likeness (QED) is 0.350. The number of aromatic amines is 1. The Morgan fingerprint density at radius 2 is 1.59 bits per heavy atom. The summed E-state index contributed by atoms with van der Waals surface area (Å²) < 4.78 is 6.27. The molecule has 102 valence electrons. The topological polar surface area (TPSA) is 28.9 Å². The molecule has 0 atom stereocenters. The van der Waals surface area contributed by atoms with Crippen molar-refractivity contribution in [1.82, 2.24) is 4.98 Å². The van der Waals surface area contributed by atoms with Crippen LogP contribution in [0.5, 0.6) is 0 Å². The Bertz CT molecular complexity index is 1320. The Labute approximate surface area is 125 Å². The zero-order valence-corrected chi connectivity index (χ0v) is 11.7. The van der Waals surface area contributed by atoms with Crippen molar-refractivity contribution in [2.24, 2.45) is 0 Å². The maximum absolute atomic E-state index is 6.27. The summed E-state index contributed by atoms with van der Waals surface area (Å²) in [4.78, 5) is 3.52. The van der Waals surface area contributed by atoms with E-state index in [-0.39, 0.29) is 0 Å². The minimum atomic E-state index is 0.968. The van der Waals surface area contributed by atoms with Crippen molar-refractivity contribution in [3.05, 3.63) is 60.7 Å². The maximum Gasteiger partial charge on any atom is 0.146 e. The van der Waals surface area contributed by atoms with Gasteiger partial charge in [-0.25, -0.2) is 0 Å². The fraction of sp³-hybridized carbons (Fsp3) is 0. The number of fused-ring (bicyclic) bond motifs is 4. The molecule has 6 aromatic rings. The van der Waals surface area contributed by atoms with Crippen LogP contribution in [0.3, 0.4) is 0 Å². The fourth-order valence-electron chi connectivity index (χ4n) is 3.82. The van der Waals surface area contributed by atoms with Crippen molar-refractivity contribution in [2.45, 2.75) is 0 Å². The van der Waals surface area contributed by atoms with E-state index < -0.39 is 0 Å². The summed E-state index contributed by atoms with van der Waals surface area (Å²) in [7, 11) is 0. The third-order valence-corrected chi connectivity index (χ3v) is 4.74. The van der Waals surface area contributed by atoms with E-state index in [4.69, 9.17) is 4.42 Å². The number of aromatic nitrogens is 1. The number of furan rings is 1. The molecule has 0 saturated heterocycles. The van der Waals surface area contributed by atoms with Crippen LogP contribution in [0, 0.1) is 0 Å². The molecule has 2 heterocycles. The lowest BCUT2D eigenvalue weighted by Crippen LogP contribution is -1.77. The van der Waals surface area contributed by atoms with Crippen LogP contribution in [0.2, 0.25) is 0 Å². The molecule has 22 heavy (non-hydrogen) atoms. The predicted molar refractivity (Wildman–Crippen MR) is 91.8 cm³/mol. The lowest BCUT2D eigenvalue weighted by Gasteiger charge is -2.01. The SMILES string of the molecule is c1ccc2c(c1)[nH]c1cc3ccc4cccc5oc(c12)c3c45. The summed E-state index contributed by atoms with van der Waals surface area (Å²) >= 11 is 0. The van der Waals surface area contributed by atoms with Gasteiger partial charge in [-0.3, -0.25) is 0 Å². The molecule has 0 aliphatic heterocycles. The second-order valence-electron chi connectivity index (χ2n) is 5.92. The molecule has 0 aliphatic carbocycles. The van der Waals surface area contributed by atoms with Gasteiger partial charge < -0.3 is 9.40 Å². The molecule has 0 unspecified atom stereocenters. The lowest BCUT2D eigenvalue weighted by molar-refractivity contribution is 0.673. The Balaban J connectivity index is 2.06. The summed E-state index contributed by atoms with van der Waals surface area (Å²) in [5, 5.41) is 7.35. The van der Waals surface area contributed by atoms with E-state index in [1.54, 1.807) is 0 Å². The van der Waals surface area contributed by atoms with E-state index in [0.29, 0.717) is 0 Å². The minimum absolute atomic E-state index is 0.968.